The lowest BCUT2D eigenvalue weighted by molar-refractivity contribution is 0.104. The molecule has 0 radical (unpaired) electrons. The maximum Gasteiger partial charge on any atom is 0.213 e. The Hall–Kier alpha value is -0.930. The first-order chi connectivity index (χ1) is 6.86. The van der Waals surface area contributed by atoms with Crippen LogP contribution in [0.3, 0.4) is 0 Å². The van der Waals surface area contributed by atoms with Crippen molar-refractivity contribution in [3.63, 3.8) is 0 Å². The molecule has 0 spiro atoms. The van der Waals surface area contributed by atoms with Crippen molar-refractivity contribution < 1.29 is 4.79 Å². The summed E-state index contributed by atoms with van der Waals surface area (Å²) >= 11 is 3.14. The lowest BCUT2D eigenvalue weighted by Crippen LogP contribution is -1.97. The van der Waals surface area contributed by atoms with Crippen LogP contribution in [-0.4, -0.2) is 5.78 Å². The Balaban J connectivity index is 2.22. The van der Waals surface area contributed by atoms with Crippen LogP contribution in [0.15, 0.2) is 22.9 Å². The molecule has 3 heteroatoms. The van der Waals surface area contributed by atoms with Crippen molar-refractivity contribution >= 4 is 28.5 Å². The summed E-state index contributed by atoms with van der Waals surface area (Å²) in [4.78, 5) is 14.0. The molecule has 14 heavy (non-hydrogen) atoms. The maximum atomic E-state index is 12.1. The average molecular weight is 220 g/mol. The minimum absolute atomic E-state index is 0.234. The normalized spacial score (nSPS) is 14.7. The van der Waals surface area contributed by atoms with E-state index in [1.54, 1.807) is 22.7 Å². The quantitative estimate of drug-likeness (QED) is 0.666. The van der Waals surface area contributed by atoms with Gasteiger partial charge in [-0.25, -0.2) is 0 Å². The van der Waals surface area contributed by atoms with Gasteiger partial charge in [-0.2, -0.15) is 0 Å². The van der Waals surface area contributed by atoms with Gasteiger partial charge in [0.05, 0.1) is 9.75 Å². The van der Waals surface area contributed by atoms with Crippen LogP contribution in [0.5, 0.6) is 0 Å². The summed E-state index contributed by atoms with van der Waals surface area (Å²) in [5.74, 6) is 0.234. The number of rotatable bonds is 0. The monoisotopic (exact) mass is 220 g/mol. The molecule has 70 valence electrons. The fraction of sp³-hybridized carbons (Fsp3) is 0.182. The molecule has 0 unspecified atom stereocenters. The van der Waals surface area contributed by atoms with Gasteiger partial charge in [-0.15, -0.1) is 22.7 Å². The number of hydrogen-bond acceptors (Lipinski definition) is 3. The van der Waals surface area contributed by atoms with Crippen molar-refractivity contribution in [2.24, 2.45) is 0 Å². The molecule has 3 rings (SSSR count). The molecular formula is C11H8OS2. The van der Waals surface area contributed by atoms with E-state index in [-0.39, 0.29) is 5.78 Å². The number of hydrogen-bond donors (Lipinski definition) is 0. The van der Waals surface area contributed by atoms with Crippen LogP contribution in [-0.2, 0) is 12.8 Å². The maximum absolute atomic E-state index is 12.1. The third-order valence-electron chi connectivity index (χ3n) is 2.57. The molecule has 1 aliphatic carbocycles. The van der Waals surface area contributed by atoms with Gasteiger partial charge in [0, 0.05) is 0 Å². The number of carbonyl (C=O) groups is 1. The van der Waals surface area contributed by atoms with Crippen molar-refractivity contribution in [2.75, 3.05) is 0 Å². The summed E-state index contributed by atoms with van der Waals surface area (Å²) in [7, 11) is 0. The molecule has 0 fully saturated rings. The molecule has 0 amide bonds. The third-order valence-corrected chi connectivity index (χ3v) is 4.48. The molecule has 0 aromatic carbocycles. The van der Waals surface area contributed by atoms with Gasteiger partial charge in [-0.3, -0.25) is 4.79 Å². The fourth-order valence-electron chi connectivity index (χ4n) is 1.84. The van der Waals surface area contributed by atoms with Gasteiger partial charge in [0.1, 0.15) is 0 Å². The van der Waals surface area contributed by atoms with E-state index < -0.39 is 0 Å². The molecule has 0 bridgehead atoms. The van der Waals surface area contributed by atoms with E-state index in [1.807, 2.05) is 10.8 Å². The largest absolute Gasteiger partial charge is 0.287 e. The molecule has 0 atom stereocenters. The number of fused-ring (bicyclic) bond motifs is 2. The smallest absolute Gasteiger partial charge is 0.213 e. The Morgan fingerprint density at radius 2 is 1.43 bits per heavy atom. The minimum atomic E-state index is 0.234. The number of aryl methyl sites for hydroxylation is 2. The highest BCUT2D eigenvalue weighted by atomic mass is 32.1. The molecule has 0 saturated heterocycles. The summed E-state index contributed by atoms with van der Waals surface area (Å²) in [6, 6.07) is 4.16. The van der Waals surface area contributed by atoms with Crippen LogP contribution in [0, 0.1) is 0 Å². The molecule has 2 aromatic rings. The average Bonchev–Trinajstić information content (AvgIpc) is 2.81. The van der Waals surface area contributed by atoms with Crippen LogP contribution < -0.4 is 0 Å². The van der Waals surface area contributed by atoms with Crippen LogP contribution >= 0.6 is 22.7 Å². The van der Waals surface area contributed by atoms with Crippen molar-refractivity contribution in [1.82, 2.24) is 0 Å². The van der Waals surface area contributed by atoms with Crippen LogP contribution in [0.1, 0.15) is 25.7 Å². The van der Waals surface area contributed by atoms with E-state index in [9.17, 15) is 4.79 Å². The number of carbonyl (C=O) groups excluding carboxylic acids is 1. The molecular weight excluding hydrogens is 212 g/mol. The predicted molar refractivity (Wildman–Crippen MR) is 59.5 cm³/mol. The molecule has 0 N–H and O–H groups in total. The zero-order valence-corrected chi connectivity index (χ0v) is 9.08. The summed E-state index contributed by atoms with van der Waals surface area (Å²) in [6.45, 7) is 0. The molecule has 2 aromatic heterocycles. The lowest BCUT2D eigenvalue weighted by atomic mass is 10.1. The second-order valence-corrected chi connectivity index (χ2v) is 5.21. The Bertz CT molecular complexity index is 449. The summed E-state index contributed by atoms with van der Waals surface area (Å²) in [5.41, 5.74) is 2.45. The molecule has 0 saturated carbocycles. The zero-order chi connectivity index (χ0) is 9.54. The van der Waals surface area contributed by atoms with Gasteiger partial charge >= 0.3 is 0 Å². The highest BCUT2D eigenvalue weighted by Crippen LogP contribution is 2.30. The molecule has 2 heterocycles. The SMILES string of the molecule is O=C1c2sccc2CCc2ccsc21. The van der Waals surface area contributed by atoms with Crippen molar-refractivity contribution in [3.8, 4) is 0 Å². The summed E-state index contributed by atoms with van der Waals surface area (Å²) in [5, 5.41) is 4.03. The van der Waals surface area contributed by atoms with Crippen molar-refractivity contribution in [1.29, 1.82) is 0 Å². The first kappa shape index (κ1) is 8.38. The fourth-order valence-corrected chi connectivity index (χ4v) is 3.70. The van der Waals surface area contributed by atoms with Gasteiger partial charge in [-0.05, 0) is 46.9 Å². The van der Waals surface area contributed by atoms with E-state index in [2.05, 4.69) is 12.1 Å². The summed E-state index contributed by atoms with van der Waals surface area (Å²) < 4.78 is 0. The van der Waals surface area contributed by atoms with Gasteiger partial charge in [0.2, 0.25) is 5.78 Å². The second-order valence-electron chi connectivity index (χ2n) is 3.38. The first-order valence-corrected chi connectivity index (χ1v) is 6.29. The number of ketones is 1. The molecule has 1 aliphatic rings. The first-order valence-electron chi connectivity index (χ1n) is 4.53. The van der Waals surface area contributed by atoms with Gasteiger partial charge < -0.3 is 0 Å². The van der Waals surface area contributed by atoms with Crippen LogP contribution in [0.4, 0.5) is 0 Å². The van der Waals surface area contributed by atoms with E-state index in [0.29, 0.717) is 0 Å². The van der Waals surface area contributed by atoms with Gasteiger partial charge in [0.25, 0.3) is 0 Å². The van der Waals surface area contributed by atoms with Gasteiger partial charge in [-0.1, -0.05) is 0 Å². The zero-order valence-electron chi connectivity index (χ0n) is 7.45. The Labute approximate surface area is 90.0 Å². The Kier molecular flexibility index (Phi) is 1.82. The summed E-state index contributed by atoms with van der Waals surface area (Å²) in [6.07, 6.45) is 2.02. The standard InChI is InChI=1S/C11H8OS2/c12-9-10-7(3-5-13-10)1-2-8-4-6-14-11(8)9/h3-6H,1-2H2. The highest BCUT2D eigenvalue weighted by Gasteiger charge is 2.22. The van der Waals surface area contributed by atoms with Gasteiger partial charge in [0.15, 0.2) is 0 Å². The molecule has 0 aliphatic heterocycles. The van der Waals surface area contributed by atoms with E-state index in [4.69, 9.17) is 0 Å². The van der Waals surface area contributed by atoms with Crippen molar-refractivity contribution in [2.45, 2.75) is 12.8 Å². The number of thiophene rings is 2. The molecule has 1 nitrogen and oxygen atoms in total. The van der Waals surface area contributed by atoms with Crippen LogP contribution in [0.25, 0.3) is 0 Å². The highest BCUT2D eigenvalue weighted by molar-refractivity contribution is 7.16. The third kappa shape index (κ3) is 1.09. The van der Waals surface area contributed by atoms with E-state index in [1.165, 1.54) is 11.1 Å². The predicted octanol–water partition coefficient (Wildman–Crippen LogP) is 3.14. The lowest BCUT2D eigenvalue weighted by Gasteiger charge is -1.94. The minimum Gasteiger partial charge on any atom is -0.287 e. The second kappa shape index (κ2) is 3.04. The Morgan fingerprint density at radius 3 is 1.93 bits per heavy atom. The van der Waals surface area contributed by atoms with Crippen molar-refractivity contribution in [3.05, 3.63) is 43.8 Å². The topological polar surface area (TPSA) is 17.1 Å². The van der Waals surface area contributed by atoms with Crippen LogP contribution in [0.2, 0.25) is 0 Å². The van der Waals surface area contributed by atoms with E-state index in [0.717, 1.165) is 22.6 Å². The Morgan fingerprint density at radius 1 is 0.929 bits per heavy atom. The van der Waals surface area contributed by atoms with E-state index >= 15 is 0 Å².